The molecule has 0 spiro atoms. The van der Waals surface area contributed by atoms with Gasteiger partial charge in [-0.2, -0.15) is 0 Å². The molecule has 2 N–H and O–H groups in total. The summed E-state index contributed by atoms with van der Waals surface area (Å²) in [5.74, 6) is -0.669. The van der Waals surface area contributed by atoms with Gasteiger partial charge in [0.2, 0.25) is 5.91 Å². The van der Waals surface area contributed by atoms with Gasteiger partial charge in [-0.1, -0.05) is 17.7 Å². The van der Waals surface area contributed by atoms with Crippen molar-refractivity contribution in [2.24, 2.45) is 0 Å². The Hall–Kier alpha value is -1.17. The first-order valence-corrected chi connectivity index (χ1v) is 6.72. The number of quaternary nitrogens is 1. The van der Waals surface area contributed by atoms with Gasteiger partial charge in [0, 0.05) is 10.6 Å². The summed E-state index contributed by atoms with van der Waals surface area (Å²) in [7, 11) is 2.12. The number of nitrogens with one attached hydrogen (secondary N) is 2. The molecule has 4 nitrogen and oxygen atoms in total. The standard InChI is InChI=1S/C13H17ClFN3O/c1-17-5-7-18(8-6-17)16-13(19)9-10-11(14)3-2-4-12(10)15/h2-4H,5-9H2,1H3,(H,16,19)/p+1. The second-order valence-corrected chi connectivity index (χ2v) is 5.26. The quantitative estimate of drug-likeness (QED) is 0.813. The summed E-state index contributed by atoms with van der Waals surface area (Å²) < 4.78 is 13.6. The van der Waals surface area contributed by atoms with Gasteiger partial charge in [0.15, 0.2) is 0 Å². The molecule has 19 heavy (non-hydrogen) atoms. The number of hydrazine groups is 1. The summed E-state index contributed by atoms with van der Waals surface area (Å²) in [5.41, 5.74) is 3.05. The van der Waals surface area contributed by atoms with Crippen molar-refractivity contribution >= 4 is 17.5 Å². The summed E-state index contributed by atoms with van der Waals surface area (Å²) in [6, 6.07) is 4.43. The zero-order valence-electron chi connectivity index (χ0n) is 10.9. The molecule has 2 rings (SSSR count). The Kier molecular flexibility index (Phi) is 4.74. The SMILES string of the molecule is C[NH+]1CCN(NC(=O)Cc2c(F)cccc2Cl)CC1. The molecule has 1 aromatic carbocycles. The number of piperazine rings is 1. The van der Waals surface area contributed by atoms with E-state index in [-0.39, 0.29) is 22.9 Å². The monoisotopic (exact) mass is 286 g/mol. The van der Waals surface area contributed by atoms with Crippen molar-refractivity contribution < 1.29 is 14.1 Å². The Morgan fingerprint density at radius 3 is 2.79 bits per heavy atom. The number of nitrogens with zero attached hydrogens (tertiary/aromatic N) is 1. The van der Waals surface area contributed by atoms with E-state index in [4.69, 9.17) is 11.6 Å². The molecule has 1 aromatic rings. The van der Waals surface area contributed by atoms with Gasteiger partial charge in [0.25, 0.3) is 0 Å². The molecule has 0 atom stereocenters. The highest BCUT2D eigenvalue weighted by Crippen LogP contribution is 2.19. The van der Waals surface area contributed by atoms with Crippen LogP contribution in [-0.4, -0.2) is 44.1 Å². The second-order valence-electron chi connectivity index (χ2n) is 4.86. The highest BCUT2D eigenvalue weighted by atomic mass is 35.5. The predicted molar refractivity (Wildman–Crippen MR) is 71.5 cm³/mol. The molecular weight excluding hydrogens is 269 g/mol. The lowest BCUT2D eigenvalue weighted by Gasteiger charge is -2.30. The zero-order valence-corrected chi connectivity index (χ0v) is 11.6. The van der Waals surface area contributed by atoms with Gasteiger partial charge in [-0.3, -0.25) is 10.2 Å². The molecule has 0 bridgehead atoms. The number of amides is 1. The van der Waals surface area contributed by atoms with E-state index in [1.54, 1.807) is 6.07 Å². The van der Waals surface area contributed by atoms with Crippen LogP contribution in [0.4, 0.5) is 4.39 Å². The highest BCUT2D eigenvalue weighted by molar-refractivity contribution is 6.31. The number of carbonyl (C=O) groups excluding carboxylic acids is 1. The molecule has 1 aliphatic rings. The average Bonchev–Trinajstić information content (AvgIpc) is 2.37. The van der Waals surface area contributed by atoms with Crippen molar-refractivity contribution in [2.75, 3.05) is 33.2 Å². The summed E-state index contributed by atoms with van der Waals surface area (Å²) in [6.07, 6.45) is -0.0370. The van der Waals surface area contributed by atoms with Crippen molar-refractivity contribution in [3.05, 3.63) is 34.6 Å². The summed E-state index contributed by atoms with van der Waals surface area (Å²) in [4.78, 5) is 13.3. The van der Waals surface area contributed by atoms with Crippen LogP contribution in [0.1, 0.15) is 5.56 Å². The Bertz CT molecular complexity index is 441. The third-order valence-corrected chi connectivity index (χ3v) is 3.65. The molecule has 0 radical (unpaired) electrons. The van der Waals surface area contributed by atoms with E-state index in [9.17, 15) is 9.18 Å². The van der Waals surface area contributed by atoms with Crippen molar-refractivity contribution in [2.45, 2.75) is 6.42 Å². The molecule has 6 heteroatoms. The topological polar surface area (TPSA) is 36.8 Å². The van der Waals surface area contributed by atoms with Gasteiger partial charge in [0.05, 0.1) is 39.6 Å². The lowest BCUT2D eigenvalue weighted by Crippen LogP contribution is -3.12. The highest BCUT2D eigenvalue weighted by Gasteiger charge is 2.19. The number of carbonyl (C=O) groups is 1. The zero-order chi connectivity index (χ0) is 13.8. The van der Waals surface area contributed by atoms with Crippen LogP contribution in [-0.2, 0) is 11.2 Å². The van der Waals surface area contributed by atoms with Crippen LogP contribution in [0.2, 0.25) is 5.02 Å². The normalized spacial score (nSPS) is 17.4. The maximum absolute atomic E-state index is 13.6. The van der Waals surface area contributed by atoms with Crippen molar-refractivity contribution in [3.63, 3.8) is 0 Å². The van der Waals surface area contributed by atoms with Gasteiger partial charge in [0.1, 0.15) is 5.82 Å². The van der Waals surface area contributed by atoms with E-state index >= 15 is 0 Å². The first-order valence-electron chi connectivity index (χ1n) is 6.35. The lowest BCUT2D eigenvalue weighted by atomic mass is 10.1. The minimum absolute atomic E-state index is 0.0370. The molecule has 104 valence electrons. The van der Waals surface area contributed by atoms with Crippen LogP contribution in [0, 0.1) is 5.82 Å². The van der Waals surface area contributed by atoms with Crippen molar-refractivity contribution in [3.8, 4) is 0 Å². The van der Waals surface area contributed by atoms with E-state index in [2.05, 4.69) is 12.5 Å². The molecular formula is C13H18ClFN3O+. The second kappa shape index (κ2) is 6.32. The third kappa shape index (κ3) is 3.89. The Morgan fingerprint density at radius 2 is 2.16 bits per heavy atom. The number of benzene rings is 1. The first kappa shape index (κ1) is 14.2. The van der Waals surface area contributed by atoms with Crippen LogP contribution in [0.3, 0.4) is 0 Å². The smallest absolute Gasteiger partial charge is 0.238 e. The maximum Gasteiger partial charge on any atom is 0.238 e. The van der Waals surface area contributed by atoms with Crippen LogP contribution in [0.5, 0.6) is 0 Å². The van der Waals surface area contributed by atoms with E-state index in [1.807, 2.05) is 5.01 Å². The predicted octanol–water partition coefficient (Wildman–Crippen LogP) is -0.117. The maximum atomic E-state index is 13.6. The van der Waals surface area contributed by atoms with Gasteiger partial charge in [-0.15, -0.1) is 0 Å². The molecule has 1 amide bonds. The largest absolute Gasteiger partial charge is 0.335 e. The van der Waals surface area contributed by atoms with Crippen LogP contribution < -0.4 is 10.3 Å². The molecule has 0 aliphatic carbocycles. The van der Waals surface area contributed by atoms with Crippen LogP contribution in [0.25, 0.3) is 0 Å². The van der Waals surface area contributed by atoms with E-state index in [0.717, 1.165) is 26.2 Å². The van der Waals surface area contributed by atoms with Gasteiger partial charge in [-0.05, 0) is 12.1 Å². The van der Waals surface area contributed by atoms with E-state index < -0.39 is 5.82 Å². The Morgan fingerprint density at radius 1 is 1.47 bits per heavy atom. The fraction of sp³-hybridized carbons (Fsp3) is 0.462. The molecule has 0 aromatic heterocycles. The fourth-order valence-corrected chi connectivity index (χ4v) is 2.31. The van der Waals surface area contributed by atoms with Crippen molar-refractivity contribution in [1.82, 2.24) is 10.4 Å². The number of hydrogen-bond donors (Lipinski definition) is 2. The molecule has 0 saturated carbocycles. The van der Waals surface area contributed by atoms with E-state index in [0.29, 0.717) is 0 Å². The molecule has 1 heterocycles. The van der Waals surface area contributed by atoms with E-state index in [1.165, 1.54) is 17.0 Å². The third-order valence-electron chi connectivity index (χ3n) is 3.30. The minimum Gasteiger partial charge on any atom is -0.335 e. The number of likely N-dealkylation sites (N-methyl/N-ethyl adjacent to an activating group) is 1. The van der Waals surface area contributed by atoms with Crippen molar-refractivity contribution in [1.29, 1.82) is 0 Å². The molecule has 1 aliphatic heterocycles. The minimum atomic E-state index is -0.439. The number of halogens is 2. The summed E-state index contributed by atoms with van der Waals surface area (Å²) in [6.45, 7) is 3.59. The fourth-order valence-electron chi connectivity index (χ4n) is 2.08. The van der Waals surface area contributed by atoms with Gasteiger partial charge >= 0.3 is 0 Å². The average molecular weight is 287 g/mol. The molecule has 1 fully saturated rings. The Labute approximate surface area is 117 Å². The van der Waals surface area contributed by atoms with Gasteiger partial charge < -0.3 is 4.90 Å². The number of rotatable bonds is 3. The summed E-state index contributed by atoms with van der Waals surface area (Å²) in [5, 5.41) is 2.17. The van der Waals surface area contributed by atoms with Gasteiger partial charge in [-0.25, -0.2) is 9.40 Å². The summed E-state index contributed by atoms with van der Waals surface area (Å²) >= 11 is 5.90. The Balaban J connectivity index is 1.91. The first-order chi connectivity index (χ1) is 9.06. The lowest BCUT2D eigenvalue weighted by molar-refractivity contribution is -0.884. The van der Waals surface area contributed by atoms with Crippen LogP contribution in [0.15, 0.2) is 18.2 Å². The molecule has 1 saturated heterocycles. The number of hydrogen-bond acceptors (Lipinski definition) is 2. The molecule has 0 unspecified atom stereocenters. The van der Waals surface area contributed by atoms with Crippen LogP contribution >= 0.6 is 11.6 Å².